The Morgan fingerprint density at radius 2 is 0.720 bits per heavy atom. The normalized spacial score (nSPS) is 15.8. The molecule has 4 N–H and O–H groups in total. The van der Waals surface area contributed by atoms with Crippen molar-refractivity contribution in [1.29, 1.82) is 0 Å². The van der Waals surface area contributed by atoms with Crippen LogP contribution in [0.4, 0.5) is 70.6 Å². The Hall–Kier alpha value is -13.7. The van der Waals surface area contributed by atoms with Crippen molar-refractivity contribution < 1.29 is 149 Å². The first kappa shape index (κ1) is 113. The fourth-order valence-electron chi connectivity index (χ4n) is 17.0. The van der Waals surface area contributed by atoms with Crippen molar-refractivity contribution >= 4 is 88.4 Å². The summed E-state index contributed by atoms with van der Waals surface area (Å²) in [6.45, 7) is 22.3. The highest BCUT2D eigenvalue weighted by atomic mass is 19.3. The SMILES string of the molecule is CC(C)N(C(=O)c1cc2c(cc1C(F)F)OC(C)(C)C(=O)N2CCNC(=O)OCc1ccccc1)C1CCCCC1.CCC(=O)NCCN1C(=O)C(C)(C)Oc2cc(C(F)F)c(C(=O)N(C(C)C)C3CCCCC3)cc21.COC(=O)c1cc2c(cc1C(F)F)OC(C)(C)C(=O)C2.COC(=O)c1cc2c(cc1C(F)F)OC(C)(C)C(=O)N2CCNC(=O)OCc1ccccc1.COC(=O)c1ccc(O)cc1C(F)F. The van der Waals surface area contributed by atoms with Crippen LogP contribution in [0.1, 0.15) is 289 Å². The maximum atomic E-state index is 14.3. The van der Waals surface area contributed by atoms with Crippen molar-refractivity contribution in [2.75, 3.05) is 75.3 Å². The standard InChI is InChI=1S/C31H39F2N3O5.C26H37F2N3O4.C23H24F2N2O6.C14H14F2O4.C9H8F2O3/c1-20(2)36(22-13-9-6-10-14-22)28(37)24-17-25-26(18-23(24)27(32)33)41-31(3,4)29(38)35(25)16-15-34-30(39)40-19-21-11-7-5-8-12-21;1-6-22(32)29-12-13-30-20-14-19(24(33)31(16(2)3)17-10-8-7-9-11-17)18(23(27)28)15-21(20)35-26(4,5)25(30)34;1-23(2)21(29)27(10-9-26-22(30)32-13-14-7-5-4-6-8-14)17-11-16(20(28)31-3)15(19(24)25)12-18(17)33-23;1-14(2)11(17)5-7-4-9(13(18)19-3)8(12(15)16)6-10(7)20-14;1-14-9(13)6-3-2-5(12)4-7(6)8(10)11/h5,7-8,11-12,17-18,20,22,27H,6,9-10,13-16,19H2,1-4H3,(H,34,39);14-17,23H,6-13H2,1-5H3,(H,29,32);4-8,11-12,19H,9-10,13H2,1-3H3,(H,26,30);4,6,12H,5H2,1-3H3;2-4,8,12H,1H3. The number of hydrogen-bond acceptors (Lipinski definition) is 22. The van der Waals surface area contributed by atoms with Crippen LogP contribution < -0.4 is 49.6 Å². The lowest BCUT2D eigenvalue weighted by Crippen LogP contribution is -2.54. The second kappa shape index (κ2) is 49.8. The number of anilines is 3. The molecule has 13 rings (SSSR count). The Labute approximate surface area is 822 Å². The molecule has 2 fully saturated rings. The maximum absolute atomic E-state index is 14.3. The quantitative estimate of drug-likeness (QED) is 0.0201. The van der Waals surface area contributed by atoms with Crippen LogP contribution in [0.5, 0.6) is 28.7 Å². The summed E-state index contributed by atoms with van der Waals surface area (Å²) in [6.07, 6.45) is -5.89. The lowest BCUT2D eigenvalue weighted by atomic mass is 9.90. The molecule has 0 spiro atoms. The first-order valence-corrected chi connectivity index (χ1v) is 46.7. The number of fused-ring (bicyclic) bond motifs is 4. The summed E-state index contributed by atoms with van der Waals surface area (Å²) in [7, 11) is 3.29. The Bertz CT molecular complexity index is 5720. The highest BCUT2D eigenvalue weighted by molar-refractivity contribution is 6.08. The van der Waals surface area contributed by atoms with E-state index in [0.29, 0.717) is 12.0 Å². The van der Waals surface area contributed by atoms with Crippen molar-refractivity contribution in [3.05, 3.63) is 200 Å². The van der Waals surface area contributed by atoms with Gasteiger partial charge in [-0.3, -0.25) is 33.6 Å². The molecule has 0 saturated heterocycles. The number of ketones is 1. The number of nitrogens with one attached hydrogen (secondary N) is 3. The number of rotatable bonds is 28. The molecular formula is C103H122F10N8O22. The molecule has 2 aliphatic carbocycles. The van der Waals surface area contributed by atoms with E-state index in [0.717, 1.165) is 133 Å². The average molecular weight is 2010 g/mol. The van der Waals surface area contributed by atoms with Crippen molar-refractivity contribution in [1.82, 2.24) is 25.8 Å². The fourth-order valence-corrected chi connectivity index (χ4v) is 17.0. The Morgan fingerprint density at radius 3 is 1.06 bits per heavy atom. The van der Waals surface area contributed by atoms with Gasteiger partial charge < -0.3 is 88.2 Å². The molecule has 4 heterocycles. The minimum Gasteiger partial charge on any atom is -0.508 e. The van der Waals surface area contributed by atoms with E-state index in [1.165, 1.54) is 58.9 Å². The van der Waals surface area contributed by atoms with E-state index in [-0.39, 0.29) is 174 Å². The molecule has 0 radical (unpaired) electrons. The van der Waals surface area contributed by atoms with Crippen LogP contribution in [-0.4, -0.2) is 193 Å². The van der Waals surface area contributed by atoms with Crippen molar-refractivity contribution in [2.45, 2.75) is 259 Å². The van der Waals surface area contributed by atoms with Gasteiger partial charge in [0.05, 0.1) is 66.2 Å². The van der Waals surface area contributed by atoms with Gasteiger partial charge in [0.2, 0.25) is 5.91 Å². The first-order chi connectivity index (χ1) is 67.4. The van der Waals surface area contributed by atoms with E-state index in [2.05, 4.69) is 30.2 Å². The Morgan fingerprint density at radius 1 is 0.406 bits per heavy atom. The predicted molar refractivity (Wildman–Crippen MR) is 506 cm³/mol. The summed E-state index contributed by atoms with van der Waals surface area (Å²) in [5, 5.41) is 16.9. The number of carbonyl (C=O) groups excluding carboxylic acids is 12. The molecular weight excluding hydrogens is 1890 g/mol. The van der Waals surface area contributed by atoms with Gasteiger partial charge in [0.1, 0.15) is 42.0 Å². The molecule has 8 amide bonds. The zero-order chi connectivity index (χ0) is 106. The van der Waals surface area contributed by atoms with Gasteiger partial charge in [-0.15, -0.1) is 0 Å². The zero-order valence-corrected chi connectivity index (χ0v) is 82.5. The van der Waals surface area contributed by atoms with Gasteiger partial charge >= 0.3 is 30.1 Å². The number of Topliss-reactive ketones (excluding diaryl/α,β-unsaturated/α-hetero) is 1. The molecule has 7 aromatic rings. The molecule has 4 aliphatic heterocycles. The molecule has 7 aromatic carbocycles. The molecule has 0 atom stereocenters. The third-order valence-corrected chi connectivity index (χ3v) is 24.3. The number of aromatic hydroxyl groups is 1. The van der Waals surface area contributed by atoms with E-state index < -0.39 is 136 Å². The number of ether oxygens (including phenoxy) is 9. The number of carbonyl (C=O) groups is 12. The van der Waals surface area contributed by atoms with Crippen LogP contribution in [0.25, 0.3) is 0 Å². The third kappa shape index (κ3) is 28.6. The van der Waals surface area contributed by atoms with E-state index in [4.69, 9.17) is 33.5 Å². The topological polar surface area (TPSA) is 360 Å². The molecule has 6 aliphatic rings. The van der Waals surface area contributed by atoms with Gasteiger partial charge in [0, 0.05) is 110 Å². The fraction of sp³-hybridized carbons (Fsp3) is 0.476. The van der Waals surface area contributed by atoms with E-state index in [1.807, 2.05) is 88.4 Å². The van der Waals surface area contributed by atoms with Crippen LogP contribution in [0, 0.1) is 0 Å². The molecule has 0 aromatic heterocycles. The van der Waals surface area contributed by atoms with E-state index in [1.54, 1.807) is 58.3 Å². The van der Waals surface area contributed by atoms with E-state index >= 15 is 0 Å². The molecule has 0 unspecified atom stereocenters. The smallest absolute Gasteiger partial charge is 0.407 e. The molecule has 2 saturated carbocycles. The Balaban J connectivity index is 0.000000207. The second-order valence-electron chi connectivity index (χ2n) is 36.8. The highest BCUT2D eigenvalue weighted by Crippen LogP contribution is 2.48. The minimum absolute atomic E-state index is 0.00465. The number of hydrogen-bond donors (Lipinski definition) is 4. The molecule has 30 nitrogen and oxygen atoms in total. The van der Waals surface area contributed by atoms with Gasteiger partial charge in [-0.05, 0) is 187 Å². The van der Waals surface area contributed by atoms with Crippen molar-refractivity contribution in [3.63, 3.8) is 0 Å². The summed E-state index contributed by atoms with van der Waals surface area (Å²) < 4.78 is 182. The van der Waals surface area contributed by atoms with Gasteiger partial charge in [-0.2, -0.15) is 0 Å². The molecule has 0 bridgehead atoms. The molecule has 776 valence electrons. The number of phenolic OH excluding ortho intramolecular Hbond substituents is 1. The second-order valence-corrected chi connectivity index (χ2v) is 36.8. The number of phenols is 1. The number of esters is 3. The van der Waals surface area contributed by atoms with Crippen LogP contribution in [0.3, 0.4) is 0 Å². The van der Waals surface area contributed by atoms with Crippen LogP contribution in [0.2, 0.25) is 0 Å². The monoisotopic (exact) mass is 2010 g/mol. The highest BCUT2D eigenvalue weighted by Gasteiger charge is 2.48. The predicted octanol–water partition coefficient (Wildman–Crippen LogP) is 19.7. The van der Waals surface area contributed by atoms with Gasteiger partial charge in [-0.25, -0.2) is 67.9 Å². The summed E-state index contributed by atoms with van der Waals surface area (Å²) in [6, 6.07) is 30.6. The van der Waals surface area contributed by atoms with Crippen molar-refractivity contribution in [2.24, 2.45) is 0 Å². The van der Waals surface area contributed by atoms with Crippen molar-refractivity contribution in [3.8, 4) is 28.7 Å². The summed E-state index contributed by atoms with van der Waals surface area (Å²) >= 11 is 0. The first-order valence-electron chi connectivity index (χ1n) is 46.7. The number of amides is 8. The maximum Gasteiger partial charge on any atom is 0.407 e. The summed E-state index contributed by atoms with van der Waals surface area (Å²) in [5.74, 6) is -5.07. The van der Waals surface area contributed by atoms with E-state index in [9.17, 15) is 101 Å². The Kier molecular flexibility index (Phi) is 39.3. The largest absolute Gasteiger partial charge is 0.508 e. The number of nitrogens with zero attached hydrogens (tertiary/aromatic N) is 5. The molecule has 40 heteroatoms. The zero-order valence-electron chi connectivity index (χ0n) is 82.5. The number of benzene rings is 7. The van der Waals surface area contributed by atoms with Gasteiger partial charge in [-0.1, -0.05) is 106 Å². The van der Waals surface area contributed by atoms with Gasteiger partial charge in [0.15, 0.2) is 28.2 Å². The number of alkyl carbamates (subject to hydrolysis) is 2. The average Bonchev–Trinajstić information content (AvgIpc) is 0.750. The summed E-state index contributed by atoms with van der Waals surface area (Å²) in [5.41, 5.74) is -5.83. The lowest BCUT2D eigenvalue weighted by molar-refractivity contribution is -0.133. The van der Waals surface area contributed by atoms with Crippen LogP contribution in [-0.2, 0) is 67.3 Å². The van der Waals surface area contributed by atoms with Crippen LogP contribution in [0.15, 0.2) is 127 Å². The third-order valence-electron chi connectivity index (χ3n) is 24.3. The number of methoxy groups -OCH3 is 3. The summed E-state index contributed by atoms with van der Waals surface area (Å²) in [4.78, 5) is 157. The number of halogens is 10. The van der Waals surface area contributed by atoms with Crippen LogP contribution >= 0.6 is 0 Å². The lowest BCUT2D eigenvalue weighted by Gasteiger charge is -2.40. The number of alkyl halides is 10. The minimum atomic E-state index is -2.96. The van der Waals surface area contributed by atoms with Gasteiger partial charge in [0.25, 0.3) is 61.7 Å². The molecule has 143 heavy (non-hydrogen) atoms.